The van der Waals surface area contributed by atoms with Crippen molar-refractivity contribution in [3.63, 3.8) is 0 Å². The molecule has 0 spiro atoms. The van der Waals surface area contributed by atoms with Crippen LogP contribution in [-0.2, 0) is 4.79 Å². The SMILES string of the molecule is CC(C(=O)O)C(C)(C)C(C)(C)CC(c1ccc(O)cc1)C(C)(C)C. The summed E-state index contributed by atoms with van der Waals surface area (Å²) in [5.41, 5.74) is 0.712. The Bertz CT molecular complexity index is 562. The molecule has 0 heterocycles. The molecule has 0 radical (unpaired) electrons. The molecule has 0 fully saturated rings. The highest BCUT2D eigenvalue weighted by Crippen LogP contribution is 2.53. The summed E-state index contributed by atoms with van der Waals surface area (Å²) in [6.45, 7) is 16.9. The molecule has 0 aliphatic rings. The van der Waals surface area contributed by atoms with Gasteiger partial charge in [-0.15, -0.1) is 0 Å². The van der Waals surface area contributed by atoms with Gasteiger partial charge in [0.05, 0.1) is 5.92 Å². The van der Waals surface area contributed by atoms with E-state index >= 15 is 0 Å². The minimum Gasteiger partial charge on any atom is -0.508 e. The number of hydrogen-bond acceptors (Lipinski definition) is 2. The van der Waals surface area contributed by atoms with Crippen LogP contribution < -0.4 is 0 Å². The number of phenolic OH excluding ortho intramolecular Hbond substituents is 1. The second-order valence-corrected chi connectivity index (χ2v) is 9.38. The molecule has 24 heavy (non-hydrogen) atoms. The largest absolute Gasteiger partial charge is 0.508 e. The summed E-state index contributed by atoms with van der Waals surface area (Å²) in [6.07, 6.45) is 0.881. The summed E-state index contributed by atoms with van der Waals surface area (Å²) in [4.78, 5) is 11.6. The fourth-order valence-corrected chi connectivity index (χ4v) is 3.30. The van der Waals surface area contributed by atoms with E-state index in [9.17, 15) is 15.0 Å². The van der Waals surface area contributed by atoms with Crippen LogP contribution in [0.2, 0.25) is 0 Å². The van der Waals surface area contributed by atoms with E-state index in [1.54, 1.807) is 19.1 Å². The van der Waals surface area contributed by atoms with Crippen molar-refractivity contribution >= 4 is 5.97 Å². The topological polar surface area (TPSA) is 57.5 Å². The van der Waals surface area contributed by atoms with Crippen LogP contribution in [0.5, 0.6) is 5.75 Å². The summed E-state index contributed by atoms with van der Waals surface area (Å²) in [5.74, 6) is -0.628. The highest BCUT2D eigenvalue weighted by atomic mass is 16.4. The zero-order valence-electron chi connectivity index (χ0n) is 16.5. The van der Waals surface area contributed by atoms with Gasteiger partial charge >= 0.3 is 5.97 Å². The average molecular weight is 335 g/mol. The average Bonchev–Trinajstić information content (AvgIpc) is 2.43. The van der Waals surface area contributed by atoms with Crippen molar-refractivity contribution in [2.75, 3.05) is 0 Å². The van der Waals surface area contributed by atoms with Crippen LogP contribution in [0.25, 0.3) is 0 Å². The van der Waals surface area contributed by atoms with Crippen molar-refractivity contribution < 1.29 is 15.0 Å². The molecule has 2 unspecified atom stereocenters. The molecule has 0 bridgehead atoms. The van der Waals surface area contributed by atoms with Gasteiger partial charge in [-0.1, -0.05) is 67.5 Å². The first-order valence-electron chi connectivity index (χ1n) is 8.72. The van der Waals surface area contributed by atoms with Gasteiger partial charge in [-0.2, -0.15) is 0 Å². The quantitative estimate of drug-likeness (QED) is 0.703. The first-order valence-corrected chi connectivity index (χ1v) is 8.72. The molecule has 2 atom stereocenters. The van der Waals surface area contributed by atoms with Crippen LogP contribution in [0.4, 0.5) is 0 Å². The smallest absolute Gasteiger partial charge is 0.306 e. The molecule has 1 aromatic carbocycles. The summed E-state index contributed by atoms with van der Waals surface area (Å²) in [7, 11) is 0. The first kappa shape index (κ1) is 20.5. The zero-order valence-corrected chi connectivity index (χ0v) is 16.5. The fraction of sp³-hybridized carbons (Fsp3) is 0.667. The lowest BCUT2D eigenvalue weighted by atomic mass is 9.56. The van der Waals surface area contributed by atoms with E-state index in [2.05, 4.69) is 48.5 Å². The van der Waals surface area contributed by atoms with Crippen LogP contribution >= 0.6 is 0 Å². The van der Waals surface area contributed by atoms with E-state index in [1.807, 2.05) is 12.1 Å². The van der Waals surface area contributed by atoms with Crippen LogP contribution in [0.1, 0.15) is 73.3 Å². The molecule has 1 aromatic rings. The maximum atomic E-state index is 11.6. The second kappa shape index (κ2) is 6.78. The molecule has 3 heteroatoms. The summed E-state index contributed by atoms with van der Waals surface area (Å²) in [6, 6.07) is 7.42. The Morgan fingerprint density at radius 2 is 1.46 bits per heavy atom. The van der Waals surface area contributed by atoms with Gasteiger partial charge in [0, 0.05) is 0 Å². The van der Waals surface area contributed by atoms with E-state index in [0.717, 1.165) is 6.42 Å². The lowest BCUT2D eigenvalue weighted by molar-refractivity contribution is -0.149. The number of carboxylic acid groups (broad SMARTS) is 1. The number of rotatable bonds is 6. The number of carboxylic acids is 1. The van der Waals surface area contributed by atoms with Crippen LogP contribution in [0.3, 0.4) is 0 Å². The van der Waals surface area contributed by atoms with Gasteiger partial charge in [-0.05, 0) is 46.3 Å². The third kappa shape index (κ3) is 4.31. The third-order valence-corrected chi connectivity index (χ3v) is 6.25. The number of hydrogen-bond donors (Lipinski definition) is 2. The molecule has 0 saturated carbocycles. The molecule has 0 aliphatic carbocycles. The molecule has 0 aromatic heterocycles. The highest BCUT2D eigenvalue weighted by Gasteiger charge is 2.46. The monoisotopic (exact) mass is 334 g/mol. The molecule has 3 nitrogen and oxygen atoms in total. The van der Waals surface area contributed by atoms with Gasteiger partial charge in [0.15, 0.2) is 0 Å². The van der Waals surface area contributed by atoms with Crippen LogP contribution in [0.15, 0.2) is 24.3 Å². The van der Waals surface area contributed by atoms with Crippen LogP contribution in [-0.4, -0.2) is 16.2 Å². The van der Waals surface area contributed by atoms with Gasteiger partial charge in [0.25, 0.3) is 0 Å². The highest BCUT2D eigenvalue weighted by molar-refractivity contribution is 5.70. The van der Waals surface area contributed by atoms with Gasteiger partial charge in [0.1, 0.15) is 5.75 Å². The van der Waals surface area contributed by atoms with E-state index < -0.39 is 11.9 Å². The maximum Gasteiger partial charge on any atom is 0.306 e. The Kier molecular flexibility index (Phi) is 5.80. The molecular weight excluding hydrogens is 300 g/mol. The van der Waals surface area contributed by atoms with Crippen LogP contribution in [0, 0.1) is 22.2 Å². The predicted molar refractivity (Wildman–Crippen MR) is 99.3 cm³/mol. The number of benzene rings is 1. The Labute approximate surface area is 147 Å². The lowest BCUT2D eigenvalue weighted by Crippen LogP contribution is -2.43. The van der Waals surface area contributed by atoms with Gasteiger partial charge in [0.2, 0.25) is 0 Å². The van der Waals surface area contributed by atoms with Crippen molar-refractivity contribution in [2.45, 2.75) is 67.7 Å². The minimum absolute atomic E-state index is 0.0385. The molecule has 0 amide bonds. The van der Waals surface area contributed by atoms with E-state index in [-0.39, 0.29) is 27.9 Å². The Balaban J connectivity index is 3.23. The molecule has 0 aliphatic heterocycles. The summed E-state index contributed by atoms with van der Waals surface area (Å²) >= 11 is 0. The van der Waals surface area contributed by atoms with Crippen molar-refractivity contribution in [3.05, 3.63) is 29.8 Å². The predicted octanol–water partition coefficient (Wildman–Crippen LogP) is 5.69. The number of phenols is 1. The Morgan fingerprint density at radius 1 is 1.00 bits per heavy atom. The molecular formula is C21H34O3. The molecule has 136 valence electrons. The van der Waals surface area contributed by atoms with Crippen molar-refractivity contribution in [2.24, 2.45) is 22.2 Å². The Hall–Kier alpha value is -1.51. The Morgan fingerprint density at radius 3 is 1.83 bits per heavy atom. The summed E-state index contributed by atoms with van der Waals surface area (Å²) < 4.78 is 0. The normalized spacial score (nSPS) is 15.8. The summed E-state index contributed by atoms with van der Waals surface area (Å²) in [5, 5.41) is 19.1. The minimum atomic E-state index is -0.745. The number of carbonyl (C=O) groups is 1. The van der Waals surface area contributed by atoms with Crippen molar-refractivity contribution in [1.29, 1.82) is 0 Å². The number of aliphatic carboxylic acids is 1. The van der Waals surface area contributed by atoms with E-state index in [0.29, 0.717) is 0 Å². The van der Waals surface area contributed by atoms with Gasteiger partial charge in [-0.25, -0.2) is 0 Å². The second-order valence-electron chi connectivity index (χ2n) is 9.38. The maximum absolute atomic E-state index is 11.6. The lowest BCUT2D eigenvalue weighted by Gasteiger charge is -2.48. The van der Waals surface area contributed by atoms with Crippen molar-refractivity contribution in [3.8, 4) is 5.75 Å². The van der Waals surface area contributed by atoms with Crippen molar-refractivity contribution in [1.82, 2.24) is 0 Å². The van der Waals surface area contributed by atoms with E-state index in [4.69, 9.17) is 0 Å². The van der Waals surface area contributed by atoms with Gasteiger partial charge in [-0.3, -0.25) is 4.79 Å². The number of aromatic hydroxyl groups is 1. The molecule has 0 saturated heterocycles. The van der Waals surface area contributed by atoms with Gasteiger partial charge < -0.3 is 10.2 Å². The fourth-order valence-electron chi connectivity index (χ4n) is 3.30. The standard InChI is InChI=1S/C21H34O3/c1-14(18(23)24)21(7,8)20(5,6)13-17(19(2,3)4)15-9-11-16(22)12-10-15/h9-12,14,17,22H,13H2,1-8H3,(H,23,24). The zero-order chi connectivity index (χ0) is 18.9. The third-order valence-electron chi connectivity index (χ3n) is 6.25. The van der Waals surface area contributed by atoms with E-state index in [1.165, 1.54) is 5.56 Å². The molecule has 2 N–H and O–H groups in total. The molecule has 1 rings (SSSR count). The first-order chi connectivity index (χ1) is 10.7.